The second-order valence-corrected chi connectivity index (χ2v) is 8.97. The van der Waals surface area contributed by atoms with Crippen molar-refractivity contribution in [2.45, 2.75) is 45.6 Å². The molecule has 3 rings (SSSR count). The van der Waals surface area contributed by atoms with Crippen LogP contribution in [0.5, 0.6) is 5.75 Å². The van der Waals surface area contributed by atoms with Gasteiger partial charge < -0.3 is 10.1 Å². The lowest BCUT2D eigenvalue weighted by Crippen LogP contribution is -2.13. The van der Waals surface area contributed by atoms with Crippen LogP contribution in [0.4, 0.5) is 5.00 Å². The number of nitrogens with zero attached hydrogens (tertiary/aromatic N) is 2. The van der Waals surface area contributed by atoms with Gasteiger partial charge in [0.1, 0.15) is 28.5 Å². The predicted octanol–water partition coefficient (Wildman–Crippen LogP) is 5.59. The Morgan fingerprint density at radius 2 is 2.07 bits per heavy atom. The first-order valence-corrected chi connectivity index (χ1v) is 11.0. The van der Waals surface area contributed by atoms with E-state index in [0.717, 1.165) is 40.6 Å². The van der Waals surface area contributed by atoms with Crippen molar-refractivity contribution >= 4 is 44.3 Å². The molecule has 1 aromatic heterocycles. The number of carbonyl (C=O) groups excluding carboxylic acids is 1. The molecule has 148 valence electrons. The first-order chi connectivity index (χ1) is 13.9. The molecule has 2 aromatic rings. The van der Waals surface area contributed by atoms with Crippen LogP contribution in [0.25, 0.3) is 6.08 Å². The third-order valence-corrected chi connectivity index (χ3v) is 6.33. The van der Waals surface area contributed by atoms with Gasteiger partial charge in [-0.2, -0.15) is 10.5 Å². The Bertz CT molecular complexity index is 1060. The van der Waals surface area contributed by atoms with Gasteiger partial charge in [-0.15, -0.1) is 11.3 Å². The van der Waals surface area contributed by atoms with Gasteiger partial charge in [0.25, 0.3) is 5.91 Å². The number of hydrogen-bond donors (Lipinski definition) is 1. The number of carbonyl (C=O) groups is 1. The number of hydrogen-bond acceptors (Lipinski definition) is 5. The summed E-state index contributed by atoms with van der Waals surface area (Å²) in [7, 11) is 0. The zero-order valence-electron chi connectivity index (χ0n) is 16.2. The van der Waals surface area contributed by atoms with E-state index in [1.807, 2.05) is 19.9 Å². The maximum Gasteiger partial charge on any atom is 0.266 e. The van der Waals surface area contributed by atoms with E-state index in [1.54, 1.807) is 18.2 Å². The van der Waals surface area contributed by atoms with Crippen molar-refractivity contribution in [1.82, 2.24) is 0 Å². The van der Waals surface area contributed by atoms with Crippen molar-refractivity contribution in [2.75, 3.05) is 5.32 Å². The summed E-state index contributed by atoms with van der Waals surface area (Å²) < 4.78 is 6.43. The van der Waals surface area contributed by atoms with Crippen LogP contribution in [0.1, 0.15) is 48.3 Å². The van der Waals surface area contributed by atoms with Gasteiger partial charge in [0.05, 0.1) is 16.1 Å². The van der Waals surface area contributed by atoms with Crippen LogP contribution in [0.3, 0.4) is 0 Å². The van der Waals surface area contributed by atoms with Crippen LogP contribution < -0.4 is 10.1 Å². The normalized spacial score (nSPS) is 13.4. The number of fused-ring (bicyclic) bond motifs is 1. The van der Waals surface area contributed by atoms with Crippen molar-refractivity contribution in [3.8, 4) is 17.9 Å². The van der Waals surface area contributed by atoms with Gasteiger partial charge in [-0.1, -0.05) is 6.07 Å². The molecule has 0 saturated carbocycles. The van der Waals surface area contributed by atoms with Gasteiger partial charge in [0, 0.05) is 4.88 Å². The summed E-state index contributed by atoms with van der Waals surface area (Å²) >= 11 is 4.90. The second kappa shape index (κ2) is 9.26. The molecule has 0 atom stereocenters. The van der Waals surface area contributed by atoms with Gasteiger partial charge >= 0.3 is 0 Å². The first-order valence-electron chi connectivity index (χ1n) is 9.37. The number of nitrogens with one attached hydrogen (secondary N) is 1. The highest BCUT2D eigenvalue weighted by atomic mass is 79.9. The third kappa shape index (κ3) is 4.87. The zero-order valence-corrected chi connectivity index (χ0v) is 18.6. The van der Waals surface area contributed by atoms with Crippen molar-refractivity contribution < 1.29 is 9.53 Å². The summed E-state index contributed by atoms with van der Waals surface area (Å²) in [4.78, 5) is 13.8. The van der Waals surface area contributed by atoms with E-state index in [-0.39, 0.29) is 11.7 Å². The number of thiophene rings is 1. The molecule has 1 aromatic carbocycles. The minimum Gasteiger partial charge on any atom is -0.490 e. The summed E-state index contributed by atoms with van der Waals surface area (Å²) in [6, 6.07) is 9.56. The number of ether oxygens (including phenoxy) is 1. The van der Waals surface area contributed by atoms with Crippen LogP contribution in [-0.2, 0) is 17.6 Å². The van der Waals surface area contributed by atoms with Gasteiger partial charge in [-0.25, -0.2) is 0 Å². The fourth-order valence-corrected chi connectivity index (χ4v) is 4.94. The van der Waals surface area contributed by atoms with Crippen LogP contribution in [0.15, 0.2) is 28.2 Å². The molecule has 7 heteroatoms. The van der Waals surface area contributed by atoms with Crippen LogP contribution in [-0.4, -0.2) is 12.0 Å². The summed E-state index contributed by atoms with van der Waals surface area (Å²) in [5, 5.41) is 22.3. The fourth-order valence-electron chi connectivity index (χ4n) is 3.21. The number of amides is 1. The Kier molecular flexibility index (Phi) is 6.74. The molecule has 0 saturated heterocycles. The molecular formula is C22H20BrN3O2S. The summed E-state index contributed by atoms with van der Waals surface area (Å²) in [6.07, 6.45) is 5.52. The molecule has 1 heterocycles. The number of anilines is 1. The summed E-state index contributed by atoms with van der Waals surface area (Å²) in [5.41, 5.74) is 2.26. The van der Waals surface area contributed by atoms with Gasteiger partial charge in [-0.3, -0.25) is 4.79 Å². The molecule has 0 radical (unpaired) electrons. The van der Waals surface area contributed by atoms with Crippen LogP contribution >= 0.6 is 27.3 Å². The Morgan fingerprint density at radius 3 is 2.72 bits per heavy atom. The van der Waals surface area contributed by atoms with Gasteiger partial charge in [0.2, 0.25) is 0 Å². The quantitative estimate of drug-likeness (QED) is 0.456. The summed E-state index contributed by atoms with van der Waals surface area (Å²) in [6.45, 7) is 3.88. The maximum atomic E-state index is 12.7. The SMILES string of the molecule is CC(C)Oc1ccc(/C=C(\C#N)C(=O)Nc2sc3c(c2C#N)CCCC3)cc1Br. The summed E-state index contributed by atoms with van der Waals surface area (Å²) in [5.74, 6) is 0.184. The van der Waals surface area contributed by atoms with Gasteiger partial charge in [-0.05, 0) is 84.8 Å². The molecule has 1 aliphatic rings. The molecule has 0 fully saturated rings. The zero-order chi connectivity index (χ0) is 21.0. The Labute approximate surface area is 182 Å². The topological polar surface area (TPSA) is 85.9 Å². The number of benzene rings is 1. The van der Waals surface area contributed by atoms with E-state index in [9.17, 15) is 15.3 Å². The fraction of sp³-hybridized carbons (Fsp3) is 0.318. The molecule has 0 unspecified atom stereocenters. The number of nitriles is 2. The van der Waals surface area contributed by atoms with Gasteiger partial charge in [0.15, 0.2) is 0 Å². The van der Waals surface area contributed by atoms with E-state index in [0.29, 0.717) is 21.9 Å². The minimum absolute atomic E-state index is 0.0234. The Morgan fingerprint density at radius 1 is 1.31 bits per heavy atom. The molecule has 1 aliphatic carbocycles. The molecule has 29 heavy (non-hydrogen) atoms. The Hall–Kier alpha value is -2.61. The molecule has 0 bridgehead atoms. The van der Waals surface area contributed by atoms with Crippen LogP contribution in [0.2, 0.25) is 0 Å². The van der Waals surface area contributed by atoms with Crippen LogP contribution in [0, 0.1) is 22.7 Å². The molecule has 1 N–H and O–H groups in total. The van der Waals surface area contributed by atoms with E-state index in [4.69, 9.17) is 4.74 Å². The molecular weight excluding hydrogens is 450 g/mol. The lowest BCUT2D eigenvalue weighted by Gasteiger charge is -2.11. The highest BCUT2D eigenvalue weighted by molar-refractivity contribution is 9.10. The van der Waals surface area contributed by atoms with E-state index >= 15 is 0 Å². The van der Waals surface area contributed by atoms with Crippen molar-refractivity contribution in [3.63, 3.8) is 0 Å². The lowest BCUT2D eigenvalue weighted by atomic mass is 9.96. The van der Waals surface area contributed by atoms with E-state index < -0.39 is 5.91 Å². The number of rotatable bonds is 5. The van der Waals surface area contributed by atoms with E-state index in [1.165, 1.54) is 17.4 Å². The molecule has 0 aliphatic heterocycles. The number of halogens is 1. The van der Waals surface area contributed by atoms with Crippen molar-refractivity contribution in [2.24, 2.45) is 0 Å². The first kappa shape index (κ1) is 21.1. The molecule has 1 amide bonds. The molecule has 5 nitrogen and oxygen atoms in total. The largest absolute Gasteiger partial charge is 0.490 e. The highest BCUT2D eigenvalue weighted by Gasteiger charge is 2.22. The minimum atomic E-state index is -0.513. The third-order valence-electron chi connectivity index (χ3n) is 4.50. The average Bonchev–Trinajstić information content (AvgIpc) is 3.04. The Balaban J connectivity index is 1.83. The maximum absolute atomic E-state index is 12.7. The smallest absolute Gasteiger partial charge is 0.266 e. The standard InChI is InChI=1S/C22H20BrN3O2S/c1-13(2)28-19-8-7-14(10-18(19)23)9-15(11-24)21(27)26-22-17(12-25)16-5-3-4-6-20(16)29-22/h7-10,13H,3-6H2,1-2H3,(H,26,27)/b15-9+. The number of aryl methyl sites for hydroxylation is 1. The van der Waals surface area contributed by atoms with Crippen molar-refractivity contribution in [1.29, 1.82) is 10.5 Å². The highest BCUT2D eigenvalue weighted by Crippen LogP contribution is 2.37. The predicted molar refractivity (Wildman–Crippen MR) is 118 cm³/mol. The van der Waals surface area contributed by atoms with E-state index in [2.05, 4.69) is 27.3 Å². The van der Waals surface area contributed by atoms with Crippen molar-refractivity contribution in [3.05, 3.63) is 49.8 Å². The average molecular weight is 470 g/mol. The lowest BCUT2D eigenvalue weighted by molar-refractivity contribution is -0.112. The molecule has 0 spiro atoms. The monoisotopic (exact) mass is 469 g/mol. The second-order valence-electron chi connectivity index (χ2n) is 7.01.